The molecule has 4 rings (SSSR count). The molecule has 6 heteroatoms. The van der Waals surface area contributed by atoms with E-state index in [9.17, 15) is 9.59 Å². The summed E-state index contributed by atoms with van der Waals surface area (Å²) in [6.07, 6.45) is -0.940. The van der Waals surface area contributed by atoms with Crippen molar-refractivity contribution in [3.63, 3.8) is 0 Å². The molecule has 0 fully saturated rings. The first-order chi connectivity index (χ1) is 15.3. The number of carbonyl (C=O) groups excluding carboxylic acids is 2. The van der Waals surface area contributed by atoms with Crippen molar-refractivity contribution >= 4 is 28.6 Å². The second-order valence-corrected chi connectivity index (χ2v) is 8.02. The van der Waals surface area contributed by atoms with E-state index in [1.165, 1.54) is 5.56 Å². The number of hydrogen-bond donors (Lipinski definition) is 2. The van der Waals surface area contributed by atoms with Gasteiger partial charge in [0.25, 0.3) is 5.91 Å². The van der Waals surface area contributed by atoms with Gasteiger partial charge < -0.3 is 15.0 Å². The molecule has 3 aromatic carbocycles. The van der Waals surface area contributed by atoms with E-state index in [2.05, 4.69) is 15.3 Å². The van der Waals surface area contributed by atoms with E-state index in [-0.39, 0.29) is 5.91 Å². The van der Waals surface area contributed by atoms with Gasteiger partial charge in [0.05, 0.1) is 16.6 Å². The first kappa shape index (κ1) is 21.3. The van der Waals surface area contributed by atoms with Gasteiger partial charge in [-0.1, -0.05) is 35.9 Å². The van der Waals surface area contributed by atoms with Crippen LogP contribution in [-0.4, -0.2) is 27.9 Å². The van der Waals surface area contributed by atoms with Gasteiger partial charge in [0.1, 0.15) is 5.82 Å². The molecule has 0 aliphatic carbocycles. The Hall–Kier alpha value is -3.93. The molecule has 0 spiro atoms. The van der Waals surface area contributed by atoms with Gasteiger partial charge in [-0.3, -0.25) is 4.79 Å². The number of esters is 1. The largest absolute Gasteiger partial charge is 0.449 e. The molecule has 1 heterocycles. The lowest BCUT2D eigenvalue weighted by molar-refractivity contribution is -0.123. The summed E-state index contributed by atoms with van der Waals surface area (Å²) in [7, 11) is 0. The number of hydrogen-bond acceptors (Lipinski definition) is 4. The summed E-state index contributed by atoms with van der Waals surface area (Å²) in [5.74, 6) is -0.223. The lowest BCUT2D eigenvalue weighted by Crippen LogP contribution is -2.30. The van der Waals surface area contributed by atoms with E-state index < -0.39 is 12.1 Å². The molecule has 2 N–H and O–H groups in total. The molecule has 32 heavy (non-hydrogen) atoms. The van der Waals surface area contributed by atoms with Crippen molar-refractivity contribution in [2.75, 3.05) is 5.32 Å². The van der Waals surface area contributed by atoms with Crippen LogP contribution in [0.5, 0.6) is 0 Å². The van der Waals surface area contributed by atoms with Gasteiger partial charge in [0.15, 0.2) is 6.10 Å². The van der Waals surface area contributed by atoms with Crippen LogP contribution in [0.2, 0.25) is 0 Å². The lowest BCUT2D eigenvalue weighted by Gasteiger charge is -2.14. The third kappa shape index (κ3) is 4.54. The zero-order chi connectivity index (χ0) is 22.8. The third-order valence-electron chi connectivity index (χ3n) is 5.47. The summed E-state index contributed by atoms with van der Waals surface area (Å²) in [5, 5.41) is 2.79. The Labute approximate surface area is 186 Å². The summed E-state index contributed by atoms with van der Waals surface area (Å²) >= 11 is 0. The second-order valence-electron chi connectivity index (χ2n) is 8.02. The monoisotopic (exact) mass is 427 g/mol. The van der Waals surface area contributed by atoms with Crippen LogP contribution in [-0.2, 0) is 9.53 Å². The topological polar surface area (TPSA) is 84.1 Å². The molecule has 4 aromatic rings. The van der Waals surface area contributed by atoms with Crippen LogP contribution in [0.15, 0.2) is 60.7 Å². The van der Waals surface area contributed by atoms with Gasteiger partial charge in [-0.15, -0.1) is 0 Å². The Morgan fingerprint density at radius 3 is 2.41 bits per heavy atom. The highest BCUT2D eigenvalue weighted by Gasteiger charge is 2.20. The number of aromatic amines is 1. The molecule has 0 saturated carbocycles. The van der Waals surface area contributed by atoms with E-state index in [0.29, 0.717) is 11.3 Å². The molecule has 0 aliphatic rings. The second kappa shape index (κ2) is 8.67. The van der Waals surface area contributed by atoms with Crippen molar-refractivity contribution in [1.82, 2.24) is 9.97 Å². The van der Waals surface area contributed by atoms with Crippen molar-refractivity contribution in [2.45, 2.75) is 33.8 Å². The maximum atomic E-state index is 12.6. The number of imidazole rings is 1. The van der Waals surface area contributed by atoms with Crippen LogP contribution in [0.25, 0.3) is 22.4 Å². The molecule has 162 valence electrons. The number of fused-ring (bicyclic) bond motifs is 1. The van der Waals surface area contributed by atoms with E-state index in [4.69, 9.17) is 4.74 Å². The molecule has 1 unspecified atom stereocenters. The Kier molecular flexibility index (Phi) is 5.77. The molecule has 0 radical (unpaired) electrons. The number of rotatable bonds is 5. The van der Waals surface area contributed by atoms with Crippen molar-refractivity contribution in [2.24, 2.45) is 0 Å². The number of carbonyl (C=O) groups is 2. The van der Waals surface area contributed by atoms with Gasteiger partial charge in [-0.25, -0.2) is 9.78 Å². The van der Waals surface area contributed by atoms with Crippen molar-refractivity contribution in [1.29, 1.82) is 0 Å². The van der Waals surface area contributed by atoms with E-state index in [0.717, 1.165) is 33.5 Å². The highest BCUT2D eigenvalue weighted by atomic mass is 16.5. The molecule has 1 amide bonds. The summed E-state index contributed by atoms with van der Waals surface area (Å²) in [6, 6.07) is 18.8. The molecule has 0 saturated heterocycles. The smallest absolute Gasteiger partial charge is 0.338 e. The van der Waals surface area contributed by atoms with E-state index >= 15 is 0 Å². The predicted octanol–water partition coefficient (Wildman–Crippen LogP) is 5.34. The number of H-pyrrole nitrogens is 1. The van der Waals surface area contributed by atoms with Crippen LogP contribution in [0.1, 0.15) is 34.0 Å². The molecular weight excluding hydrogens is 402 g/mol. The van der Waals surface area contributed by atoms with Gasteiger partial charge in [-0.05, 0) is 69.2 Å². The van der Waals surface area contributed by atoms with E-state index in [1.807, 2.05) is 63.2 Å². The van der Waals surface area contributed by atoms with Crippen LogP contribution < -0.4 is 5.32 Å². The van der Waals surface area contributed by atoms with Crippen LogP contribution in [0.4, 0.5) is 5.69 Å². The summed E-state index contributed by atoms with van der Waals surface area (Å²) < 4.78 is 5.39. The van der Waals surface area contributed by atoms with Crippen LogP contribution in [0.3, 0.4) is 0 Å². The third-order valence-corrected chi connectivity index (χ3v) is 5.47. The summed E-state index contributed by atoms with van der Waals surface area (Å²) in [5.41, 5.74) is 6.84. The SMILES string of the molecule is Cc1ccc(-c2nc3ccc(C(=O)OC(C)C(=O)Nc4ccc(C)c(C)c4)cc3[nH]2)cc1. The van der Waals surface area contributed by atoms with Gasteiger partial charge in [0.2, 0.25) is 0 Å². The molecule has 0 aliphatic heterocycles. The van der Waals surface area contributed by atoms with Gasteiger partial charge in [0, 0.05) is 11.3 Å². The molecule has 1 aromatic heterocycles. The normalized spacial score (nSPS) is 11.9. The maximum Gasteiger partial charge on any atom is 0.338 e. The van der Waals surface area contributed by atoms with E-state index in [1.54, 1.807) is 25.1 Å². The molecular formula is C26H25N3O3. The van der Waals surface area contributed by atoms with Crippen molar-refractivity contribution < 1.29 is 14.3 Å². The lowest BCUT2D eigenvalue weighted by atomic mass is 10.1. The number of ether oxygens (including phenoxy) is 1. The number of aryl methyl sites for hydroxylation is 3. The molecule has 0 bridgehead atoms. The average Bonchev–Trinajstić information content (AvgIpc) is 3.20. The van der Waals surface area contributed by atoms with Crippen molar-refractivity contribution in [3.05, 3.63) is 82.9 Å². The number of anilines is 1. The number of amides is 1. The predicted molar refractivity (Wildman–Crippen MR) is 126 cm³/mol. The van der Waals surface area contributed by atoms with Gasteiger partial charge in [-0.2, -0.15) is 0 Å². The first-order valence-corrected chi connectivity index (χ1v) is 10.5. The number of benzene rings is 3. The zero-order valence-electron chi connectivity index (χ0n) is 18.5. The summed E-state index contributed by atoms with van der Waals surface area (Å²) in [4.78, 5) is 32.9. The molecule has 1 atom stereocenters. The Bertz CT molecular complexity index is 1310. The Balaban J connectivity index is 1.46. The standard InChI is InChI=1S/C26H25N3O3/c1-15-5-8-19(9-6-15)24-28-22-12-10-20(14-23(22)29-24)26(31)32-18(4)25(30)27-21-11-7-16(2)17(3)13-21/h5-14,18H,1-4H3,(H,27,30)(H,28,29). The van der Waals surface area contributed by atoms with Crippen LogP contribution in [0, 0.1) is 20.8 Å². The van der Waals surface area contributed by atoms with Crippen LogP contribution >= 0.6 is 0 Å². The number of nitrogens with zero attached hydrogens (tertiary/aromatic N) is 1. The highest BCUT2D eigenvalue weighted by Crippen LogP contribution is 2.22. The Morgan fingerprint density at radius 1 is 0.938 bits per heavy atom. The highest BCUT2D eigenvalue weighted by molar-refractivity contribution is 5.98. The number of nitrogens with one attached hydrogen (secondary N) is 2. The van der Waals surface area contributed by atoms with Crippen molar-refractivity contribution in [3.8, 4) is 11.4 Å². The fourth-order valence-corrected chi connectivity index (χ4v) is 3.33. The Morgan fingerprint density at radius 2 is 1.69 bits per heavy atom. The first-order valence-electron chi connectivity index (χ1n) is 10.5. The van der Waals surface area contributed by atoms with Gasteiger partial charge >= 0.3 is 5.97 Å². The average molecular weight is 428 g/mol. The summed E-state index contributed by atoms with van der Waals surface area (Å²) in [6.45, 7) is 7.57. The fraction of sp³-hybridized carbons (Fsp3) is 0.192. The molecule has 6 nitrogen and oxygen atoms in total. The quantitative estimate of drug-likeness (QED) is 0.421. The fourth-order valence-electron chi connectivity index (χ4n) is 3.33. The minimum absolute atomic E-state index is 0.349. The zero-order valence-corrected chi connectivity index (χ0v) is 18.5. The number of aromatic nitrogens is 2. The minimum atomic E-state index is -0.940. The minimum Gasteiger partial charge on any atom is -0.449 e. The maximum absolute atomic E-state index is 12.6.